The van der Waals surface area contributed by atoms with E-state index in [-0.39, 0.29) is 0 Å². The van der Waals surface area contributed by atoms with E-state index in [1.807, 2.05) is 24.3 Å². The zero-order valence-electron chi connectivity index (χ0n) is 8.79. The number of para-hydroxylation sites is 1. The van der Waals surface area contributed by atoms with Gasteiger partial charge < -0.3 is 4.74 Å². The summed E-state index contributed by atoms with van der Waals surface area (Å²) in [7, 11) is 0. The fourth-order valence-electron chi connectivity index (χ4n) is 1.40. The molecule has 88 valence electrons. The van der Waals surface area contributed by atoms with Crippen molar-refractivity contribution in [3.8, 4) is 11.5 Å². The number of ether oxygens (including phenoxy) is 1. The van der Waals surface area contributed by atoms with Crippen molar-refractivity contribution in [2.45, 2.75) is 5.33 Å². The quantitative estimate of drug-likeness (QED) is 0.657. The second-order valence-electron chi connectivity index (χ2n) is 3.40. The smallest absolute Gasteiger partial charge is 0.147 e. The van der Waals surface area contributed by atoms with Gasteiger partial charge in [-0.05, 0) is 18.2 Å². The van der Waals surface area contributed by atoms with Crippen LogP contribution in [0.1, 0.15) is 5.56 Å². The maximum absolute atomic E-state index is 6.07. The fraction of sp³-hybridized carbons (Fsp3) is 0.0769. The van der Waals surface area contributed by atoms with Crippen LogP contribution in [0.2, 0.25) is 10.0 Å². The predicted octanol–water partition coefficient (Wildman–Crippen LogP) is 5.68. The van der Waals surface area contributed by atoms with Gasteiger partial charge in [-0.1, -0.05) is 63.4 Å². The first kappa shape index (κ1) is 12.7. The van der Waals surface area contributed by atoms with Crippen molar-refractivity contribution in [2.75, 3.05) is 0 Å². The molecule has 0 aromatic heterocycles. The lowest BCUT2D eigenvalue weighted by atomic mass is 10.2. The van der Waals surface area contributed by atoms with Crippen LogP contribution in [-0.2, 0) is 5.33 Å². The van der Waals surface area contributed by atoms with Crippen LogP contribution < -0.4 is 4.74 Å². The van der Waals surface area contributed by atoms with Gasteiger partial charge in [0, 0.05) is 10.9 Å². The van der Waals surface area contributed by atoms with Gasteiger partial charge in [0.2, 0.25) is 0 Å². The van der Waals surface area contributed by atoms with Crippen molar-refractivity contribution in [2.24, 2.45) is 0 Å². The SMILES string of the molecule is Clc1cccc(Oc2ccccc2CBr)c1Cl. The topological polar surface area (TPSA) is 9.23 Å². The number of halogens is 3. The maximum Gasteiger partial charge on any atom is 0.147 e. The molecule has 0 radical (unpaired) electrons. The molecule has 2 rings (SSSR count). The molecule has 2 aromatic rings. The average Bonchev–Trinajstić information content (AvgIpc) is 2.35. The Hall–Kier alpha value is -0.700. The van der Waals surface area contributed by atoms with E-state index < -0.39 is 0 Å². The lowest BCUT2D eigenvalue weighted by molar-refractivity contribution is 0.479. The van der Waals surface area contributed by atoms with Gasteiger partial charge in [0.15, 0.2) is 0 Å². The van der Waals surface area contributed by atoms with Gasteiger partial charge in [-0.15, -0.1) is 0 Å². The highest BCUT2D eigenvalue weighted by molar-refractivity contribution is 9.08. The molecule has 0 bridgehead atoms. The van der Waals surface area contributed by atoms with E-state index >= 15 is 0 Å². The summed E-state index contributed by atoms with van der Waals surface area (Å²) < 4.78 is 5.77. The number of rotatable bonds is 3. The summed E-state index contributed by atoms with van der Waals surface area (Å²) in [5.74, 6) is 1.33. The molecule has 0 aliphatic carbocycles. The molecule has 0 spiro atoms. The minimum atomic E-state index is 0.429. The molecule has 0 N–H and O–H groups in total. The van der Waals surface area contributed by atoms with Gasteiger partial charge >= 0.3 is 0 Å². The highest BCUT2D eigenvalue weighted by atomic mass is 79.9. The van der Waals surface area contributed by atoms with Crippen LogP contribution in [0.3, 0.4) is 0 Å². The minimum Gasteiger partial charge on any atom is -0.455 e. The number of alkyl halides is 1. The van der Waals surface area contributed by atoms with Crippen molar-refractivity contribution in [3.63, 3.8) is 0 Å². The van der Waals surface area contributed by atoms with E-state index in [0.29, 0.717) is 15.8 Å². The van der Waals surface area contributed by atoms with E-state index in [1.165, 1.54) is 0 Å². The molecule has 0 amide bonds. The molecule has 1 nitrogen and oxygen atoms in total. The molecule has 2 aromatic carbocycles. The van der Waals surface area contributed by atoms with Gasteiger partial charge in [-0.25, -0.2) is 0 Å². The second-order valence-corrected chi connectivity index (χ2v) is 4.74. The van der Waals surface area contributed by atoms with E-state index in [1.54, 1.807) is 18.2 Å². The Balaban J connectivity index is 2.35. The summed E-state index contributed by atoms with van der Waals surface area (Å²) >= 11 is 15.4. The summed E-state index contributed by atoms with van der Waals surface area (Å²) in [5.41, 5.74) is 1.06. The summed E-state index contributed by atoms with van der Waals surface area (Å²) in [4.78, 5) is 0. The van der Waals surface area contributed by atoms with E-state index in [9.17, 15) is 0 Å². The highest BCUT2D eigenvalue weighted by Gasteiger charge is 2.08. The Kier molecular flexibility index (Phi) is 4.32. The minimum absolute atomic E-state index is 0.429. The largest absolute Gasteiger partial charge is 0.455 e. The zero-order chi connectivity index (χ0) is 12.3. The van der Waals surface area contributed by atoms with Gasteiger partial charge in [-0.3, -0.25) is 0 Å². The van der Waals surface area contributed by atoms with Crippen LogP contribution in [0.15, 0.2) is 42.5 Å². The van der Waals surface area contributed by atoms with Crippen molar-refractivity contribution in [1.29, 1.82) is 0 Å². The number of benzene rings is 2. The molecule has 0 aliphatic rings. The Bertz CT molecular complexity index is 529. The molecule has 0 aliphatic heterocycles. The van der Waals surface area contributed by atoms with Crippen LogP contribution in [0.5, 0.6) is 11.5 Å². The third-order valence-corrected chi connectivity index (χ3v) is 3.66. The Labute approximate surface area is 118 Å². The van der Waals surface area contributed by atoms with E-state index in [0.717, 1.165) is 16.6 Å². The molecular weight excluding hydrogens is 323 g/mol. The lowest BCUT2D eigenvalue weighted by Crippen LogP contribution is -1.89. The zero-order valence-corrected chi connectivity index (χ0v) is 11.9. The van der Waals surface area contributed by atoms with E-state index in [2.05, 4.69) is 15.9 Å². The third kappa shape index (κ3) is 2.95. The molecular formula is C13H9BrCl2O. The molecule has 4 heteroatoms. The van der Waals surface area contributed by atoms with Crippen LogP contribution >= 0.6 is 39.1 Å². The van der Waals surface area contributed by atoms with Gasteiger partial charge in [0.25, 0.3) is 0 Å². The van der Waals surface area contributed by atoms with Crippen molar-refractivity contribution < 1.29 is 4.74 Å². The molecule has 0 fully saturated rings. The normalized spacial score (nSPS) is 10.3. The van der Waals surface area contributed by atoms with Gasteiger partial charge in [-0.2, -0.15) is 0 Å². The number of hydrogen-bond acceptors (Lipinski definition) is 1. The van der Waals surface area contributed by atoms with Crippen LogP contribution in [0, 0.1) is 0 Å². The summed E-state index contributed by atoms with van der Waals surface area (Å²) in [6.07, 6.45) is 0. The first-order valence-electron chi connectivity index (χ1n) is 4.98. The van der Waals surface area contributed by atoms with Crippen molar-refractivity contribution in [3.05, 3.63) is 58.1 Å². The summed E-state index contributed by atoms with van der Waals surface area (Å²) in [5, 5.41) is 1.64. The molecule has 0 atom stereocenters. The van der Waals surface area contributed by atoms with Crippen LogP contribution in [-0.4, -0.2) is 0 Å². The summed E-state index contributed by atoms with van der Waals surface area (Å²) in [6.45, 7) is 0. The third-order valence-electron chi connectivity index (χ3n) is 2.25. The van der Waals surface area contributed by atoms with Crippen LogP contribution in [0.4, 0.5) is 0 Å². The Morgan fingerprint density at radius 2 is 1.65 bits per heavy atom. The monoisotopic (exact) mass is 330 g/mol. The van der Waals surface area contributed by atoms with Crippen molar-refractivity contribution >= 4 is 39.1 Å². The Morgan fingerprint density at radius 3 is 2.41 bits per heavy atom. The fourth-order valence-corrected chi connectivity index (χ4v) is 2.19. The average molecular weight is 332 g/mol. The highest BCUT2D eigenvalue weighted by Crippen LogP contribution is 2.35. The molecule has 0 unspecified atom stereocenters. The molecule has 0 saturated carbocycles. The number of hydrogen-bond donors (Lipinski definition) is 0. The van der Waals surface area contributed by atoms with Crippen molar-refractivity contribution in [1.82, 2.24) is 0 Å². The lowest BCUT2D eigenvalue weighted by Gasteiger charge is -2.11. The standard InChI is InChI=1S/C13H9BrCl2O/c14-8-9-4-1-2-6-11(9)17-12-7-3-5-10(15)13(12)16/h1-7H,8H2. The van der Waals surface area contributed by atoms with E-state index in [4.69, 9.17) is 27.9 Å². The molecule has 17 heavy (non-hydrogen) atoms. The summed E-state index contributed by atoms with van der Waals surface area (Å²) in [6, 6.07) is 13.1. The predicted molar refractivity (Wildman–Crippen MR) is 75.6 cm³/mol. The molecule has 0 saturated heterocycles. The molecule has 0 heterocycles. The van der Waals surface area contributed by atoms with Crippen LogP contribution in [0.25, 0.3) is 0 Å². The first-order chi connectivity index (χ1) is 8.22. The van der Waals surface area contributed by atoms with Gasteiger partial charge in [0.05, 0.1) is 5.02 Å². The van der Waals surface area contributed by atoms with Gasteiger partial charge in [0.1, 0.15) is 16.5 Å². The maximum atomic E-state index is 6.07. The first-order valence-corrected chi connectivity index (χ1v) is 6.86. The Morgan fingerprint density at radius 1 is 0.941 bits per heavy atom. The second kappa shape index (κ2) is 5.76.